The summed E-state index contributed by atoms with van der Waals surface area (Å²) in [4.78, 5) is 25.7. The molecule has 7 aliphatic rings. The van der Waals surface area contributed by atoms with Crippen molar-refractivity contribution in [1.29, 1.82) is 0 Å². The third-order valence-corrected chi connectivity index (χ3v) is 14.2. The number of esters is 1. The highest BCUT2D eigenvalue weighted by molar-refractivity contribution is 5.86. The van der Waals surface area contributed by atoms with Crippen molar-refractivity contribution in [3.8, 4) is 0 Å². The Morgan fingerprint density at radius 3 is 2.24 bits per heavy atom. The summed E-state index contributed by atoms with van der Waals surface area (Å²) in [5, 5.41) is 0. The summed E-state index contributed by atoms with van der Waals surface area (Å²) in [6, 6.07) is 0. The molecule has 4 nitrogen and oxygen atoms in total. The van der Waals surface area contributed by atoms with Crippen LogP contribution in [0.1, 0.15) is 99.3 Å². The molecular weight excluding hydrogens is 424 g/mol. The minimum atomic E-state index is -0.611. The number of fused-ring (bicyclic) bond motifs is 10. The van der Waals surface area contributed by atoms with Gasteiger partial charge in [0.05, 0.1) is 6.61 Å². The smallest absolute Gasteiger partial charge is 0.341 e. The fourth-order valence-corrected chi connectivity index (χ4v) is 12.2. The molecule has 0 N–H and O–H groups in total. The number of hydrogen-bond acceptors (Lipinski definition) is 4. The number of carbonyl (C=O) groups excluding carboxylic acids is 2. The van der Waals surface area contributed by atoms with Crippen molar-refractivity contribution in [1.82, 2.24) is 0 Å². The van der Waals surface area contributed by atoms with Gasteiger partial charge in [-0.1, -0.05) is 41.5 Å². The third kappa shape index (κ3) is 2.24. The van der Waals surface area contributed by atoms with E-state index in [1.54, 1.807) is 0 Å². The third-order valence-electron chi connectivity index (χ3n) is 14.2. The molecule has 0 amide bonds. The van der Waals surface area contributed by atoms with Crippen LogP contribution in [0.5, 0.6) is 0 Å². The van der Waals surface area contributed by atoms with E-state index in [4.69, 9.17) is 9.47 Å². The molecule has 2 heterocycles. The number of carbonyl (C=O) groups is 2. The fourth-order valence-electron chi connectivity index (χ4n) is 12.2. The Morgan fingerprint density at radius 2 is 1.53 bits per heavy atom. The van der Waals surface area contributed by atoms with Crippen LogP contribution in [0.3, 0.4) is 0 Å². The molecular formula is C30H44O4. The first kappa shape index (κ1) is 22.3. The van der Waals surface area contributed by atoms with Gasteiger partial charge in [-0.05, 0) is 96.7 Å². The molecule has 7 fully saturated rings. The zero-order chi connectivity index (χ0) is 24.1. The first-order valence-corrected chi connectivity index (χ1v) is 14.2. The molecule has 5 saturated carbocycles. The second kappa shape index (κ2) is 6.14. The summed E-state index contributed by atoms with van der Waals surface area (Å²) in [6.45, 7) is 15.4. The fraction of sp³-hybridized carbons (Fsp3) is 0.933. The summed E-state index contributed by atoms with van der Waals surface area (Å²) < 4.78 is 11.9. The summed E-state index contributed by atoms with van der Waals surface area (Å²) in [7, 11) is 0. The number of rotatable bonds is 0. The van der Waals surface area contributed by atoms with Gasteiger partial charge < -0.3 is 9.47 Å². The zero-order valence-electron chi connectivity index (χ0n) is 22.2. The molecule has 188 valence electrons. The van der Waals surface area contributed by atoms with Crippen LogP contribution in [0.4, 0.5) is 0 Å². The number of ketones is 1. The van der Waals surface area contributed by atoms with Crippen LogP contribution >= 0.6 is 0 Å². The number of hydrogen-bond donors (Lipinski definition) is 0. The summed E-state index contributed by atoms with van der Waals surface area (Å²) in [5.74, 6) is 3.03. The van der Waals surface area contributed by atoms with Gasteiger partial charge in [0.1, 0.15) is 11.9 Å². The average molecular weight is 469 g/mol. The minimum absolute atomic E-state index is 0.0660. The van der Waals surface area contributed by atoms with Gasteiger partial charge in [-0.2, -0.15) is 0 Å². The van der Waals surface area contributed by atoms with E-state index in [9.17, 15) is 9.59 Å². The molecule has 0 bridgehead atoms. The molecule has 0 aromatic carbocycles. The van der Waals surface area contributed by atoms with Gasteiger partial charge in [0, 0.05) is 17.8 Å². The van der Waals surface area contributed by atoms with Crippen molar-refractivity contribution in [2.45, 2.75) is 111 Å². The molecule has 7 rings (SSSR count). The number of epoxide rings is 1. The Morgan fingerprint density at radius 1 is 0.794 bits per heavy atom. The van der Waals surface area contributed by atoms with Gasteiger partial charge in [-0.25, -0.2) is 4.79 Å². The van der Waals surface area contributed by atoms with Crippen molar-refractivity contribution in [2.24, 2.45) is 56.7 Å². The molecule has 4 heteroatoms. The topological polar surface area (TPSA) is 55.9 Å². The van der Waals surface area contributed by atoms with E-state index in [1.807, 2.05) is 0 Å². The van der Waals surface area contributed by atoms with Gasteiger partial charge in [-0.15, -0.1) is 0 Å². The van der Waals surface area contributed by atoms with Crippen LogP contribution in [0.25, 0.3) is 0 Å². The lowest BCUT2D eigenvalue weighted by molar-refractivity contribution is -0.234. The van der Waals surface area contributed by atoms with E-state index < -0.39 is 5.60 Å². The SMILES string of the molecule is CC1(C)C(=O)CC[C@@]2(C)C1CC[C@]1(C)C2CCC2C3[C@H]4[C@@H](C[C@]3(C)CC[C@]21C)OC(=O)C41CO1. The van der Waals surface area contributed by atoms with Crippen LogP contribution < -0.4 is 0 Å². The zero-order valence-corrected chi connectivity index (χ0v) is 22.2. The van der Waals surface area contributed by atoms with Crippen molar-refractivity contribution in [3.63, 3.8) is 0 Å². The monoisotopic (exact) mass is 468 g/mol. The Bertz CT molecular complexity index is 980. The van der Waals surface area contributed by atoms with E-state index in [-0.39, 0.29) is 45.1 Å². The van der Waals surface area contributed by atoms with Gasteiger partial charge in [0.15, 0.2) is 5.60 Å². The minimum Gasteiger partial charge on any atom is -0.460 e. The molecule has 5 aliphatic carbocycles. The van der Waals surface area contributed by atoms with E-state index in [1.165, 1.54) is 38.5 Å². The largest absolute Gasteiger partial charge is 0.460 e. The Balaban J connectivity index is 1.29. The molecule has 2 aliphatic heterocycles. The standard InChI is InChI=1S/C30H44O4/c1-25(2)19-9-12-29(6)20(27(19,4)11-10-21(25)31)8-7-17-22-23-18(34-24(32)30(23)16-33-30)15-26(22,3)13-14-28(17,29)5/h17-20,22-23H,7-16H2,1-6H3/t17?,18-,19?,20?,22?,23-,26+,27+,28-,29-,30?/m1/s1. The maximum atomic E-state index is 13.0. The second-order valence-corrected chi connectivity index (χ2v) is 15.3. The summed E-state index contributed by atoms with van der Waals surface area (Å²) >= 11 is 0. The number of Topliss-reactive ketones (excluding diaryl/α,β-unsaturated/α-hetero) is 1. The molecule has 1 spiro atoms. The molecule has 2 saturated heterocycles. The summed E-state index contributed by atoms with van der Waals surface area (Å²) in [5.41, 5.74) is 0.287. The second-order valence-electron chi connectivity index (χ2n) is 15.3. The Labute approximate surface area is 205 Å². The van der Waals surface area contributed by atoms with E-state index in [2.05, 4.69) is 41.5 Å². The van der Waals surface area contributed by atoms with Crippen LogP contribution in [0, 0.1) is 56.7 Å². The van der Waals surface area contributed by atoms with Gasteiger partial charge >= 0.3 is 5.97 Å². The van der Waals surface area contributed by atoms with Gasteiger partial charge in [-0.3, -0.25) is 4.79 Å². The lowest BCUT2D eigenvalue weighted by Crippen LogP contribution is -2.66. The lowest BCUT2D eigenvalue weighted by atomic mass is 9.32. The normalized spacial score (nSPS) is 61.1. The highest BCUT2D eigenvalue weighted by Gasteiger charge is 2.78. The van der Waals surface area contributed by atoms with Crippen LogP contribution in [0.15, 0.2) is 0 Å². The van der Waals surface area contributed by atoms with Crippen molar-refractivity contribution in [3.05, 3.63) is 0 Å². The van der Waals surface area contributed by atoms with Crippen LogP contribution in [0.2, 0.25) is 0 Å². The van der Waals surface area contributed by atoms with Gasteiger partial charge in [0.2, 0.25) is 0 Å². The molecule has 34 heavy (non-hydrogen) atoms. The highest BCUT2D eigenvalue weighted by Crippen LogP contribution is 2.78. The predicted octanol–water partition coefficient (Wildman–Crippen LogP) is 5.96. The van der Waals surface area contributed by atoms with Crippen molar-refractivity contribution in [2.75, 3.05) is 6.61 Å². The highest BCUT2D eigenvalue weighted by atomic mass is 16.7. The first-order chi connectivity index (χ1) is 15.8. The van der Waals surface area contributed by atoms with Crippen LogP contribution in [-0.4, -0.2) is 30.1 Å². The predicted molar refractivity (Wildman–Crippen MR) is 129 cm³/mol. The van der Waals surface area contributed by atoms with E-state index >= 15 is 0 Å². The molecule has 11 atom stereocenters. The molecule has 5 unspecified atom stereocenters. The summed E-state index contributed by atoms with van der Waals surface area (Å²) in [6.07, 6.45) is 10.5. The first-order valence-electron chi connectivity index (χ1n) is 14.2. The van der Waals surface area contributed by atoms with Gasteiger partial charge in [0.25, 0.3) is 0 Å². The Hall–Kier alpha value is -0.900. The number of ether oxygens (including phenoxy) is 2. The average Bonchev–Trinajstić information content (AvgIpc) is 3.45. The molecule has 0 radical (unpaired) electrons. The van der Waals surface area contributed by atoms with Crippen LogP contribution in [-0.2, 0) is 19.1 Å². The lowest BCUT2D eigenvalue weighted by Gasteiger charge is -2.72. The van der Waals surface area contributed by atoms with E-state index in [0.717, 1.165) is 19.3 Å². The van der Waals surface area contributed by atoms with E-state index in [0.29, 0.717) is 36.1 Å². The van der Waals surface area contributed by atoms with Crippen molar-refractivity contribution >= 4 is 11.8 Å². The maximum absolute atomic E-state index is 13.0. The van der Waals surface area contributed by atoms with Crippen molar-refractivity contribution < 1.29 is 19.1 Å². The maximum Gasteiger partial charge on any atom is 0.341 e. The Kier molecular flexibility index (Phi) is 4.03. The molecule has 0 aromatic rings. The quantitative estimate of drug-likeness (QED) is 0.325. The molecule has 0 aromatic heterocycles.